The summed E-state index contributed by atoms with van der Waals surface area (Å²) in [5.41, 5.74) is 0. The maximum Gasteiger partial charge on any atom is 0.135 e. The molecule has 1 aromatic heterocycles. The van der Waals surface area contributed by atoms with Gasteiger partial charge in [0.1, 0.15) is 11.6 Å². The molecule has 0 radical (unpaired) electrons. The first kappa shape index (κ1) is 12.1. The number of aliphatic hydroxyl groups is 1. The van der Waals surface area contributed by atoms with Crippen LogP contribution in [0.25, 0.3) is 0 Å². The molecule has 5 heteroatoms. The van der Waals surface area contributed by atoms with Crippen molar-refractivity contribution in [3.05, 3.63) is 11.6 Å². The van der Waals surface area contributed by atoms with Crippen molar-refractivity contribution >= 4 is 0 Å². The summed E-state index contributed by atoms with van der Waals surface area (Å²) >= 11 is 0. The fraction of sp³-hybridized carbons (Fsp3) is 0.846. The lowest BCUT2D eigenvalue weighted by Crippen LogP contribution is -2.32. The molecular formula is C13H22N4O. The van der Waals surface area contributed by atoms with Crippen LogP contribution in [-0.4, -0.2) is 50.5 Å². The highest BCUT2D eigenvalue weighted by molar-refractivity contribution is 5.01. The minimum Gasteiger partial charge on any atom is -0.393 e. The lowest BCUT2D eigenvalue weighted by Gasteiger charge is -2.26. The average molecular weight is 250 g/mol. The van der Waals surface area contributed by atoms with E-state index in [9.17, 15) is 5.11 Å². The van der Waals surface area contributed by atoms with Crippen LogP contribution >= 0.6 is 0 Å². The normalized spacial score (nSPS) is 25.1. The summed E-state index contributed by atoms with van der Waals surface area (Å²) in [4.78, 5) is 2.53. The molecule has 2 aliphatic heterocycles. The van der Waals surface area contributed by atoms with Crippen LogP contribution in [0.3, 0.4) is 0 Å². The molecular weight excluding hydrogens is 228 g/mol. The molecule has 18 heavy (non-hydrogen) atoms. The predicted octanol–water partition coefficient (Wildman–Crippen LogP) is 0.614. The zero-order valence-corrected chi connectivity index (χ0v) is 10.9. The molecule has 0 saturated carbocycles. The van der Waals surface area contributed by atoms with Gasteiger partial charge >= 0.3 is 0 Å². The summed E-state index contributed by atoms with van der Waals surface area (Å²) in [6.07, 6.45) is 6.32. The van der Waals surface area contributed by atoms with E-state index in [2.05, 4.69) is 19.7 Å². The first-order valence-corrected chi connectivity index (χ1v) is 7.14. The molecule has 1 saturated heterocycles. The first-order chi connectivity index (χ1) is 8.83. The lowest BCUT2D eigenvalue weighted by atomic mass is 10.1. The number of hydrogen-bond acceptors (Lipinski definition) is 4. The van der Waals surface area contributed by atoms with Gasteiger partial charge in [0.2, 0.25) is 0 Å². The molecule has 3 rings (SSSR count). The van der Waals surface area contributed by atoms with Gasteiger partial charge in [-0.15, -0.1) is 10.2 Å². The van der Waals surface area contributed by atoms with Crippen molar-refractivity contribution in [3.63, 3.8) is 0 Å². The lowest BCUT2D eigenvalue weighted by molar-refractivity contribution is 0.140. The molecule has 1 unspecified atom stereocenters. The Morgan fingerprint density at radius 1 is 1.11 bits per heavy atom. The number of hydrogen-bond donors (Lipinski definition) is 1. The minimum absolute atomic E-state index is 0.225. The summed E-state index contributed by atoms with van der Waals surface area (Å²) in [6.45, 7) is 4.44. The van der Waals surface area contributed by atoms with Crippen molar-refractivity contribution < 1.29 is 5.11 Å². The number of piperidine rings is 1. The molecule has 100 valence electrons. The minimum atomic E-state index is -0.225. The van der Waals surface area contributed by atoms with E-state index in [1.165, 1.54) is 32.4 Å². The monoisotopic (exact) mass is 250 g/mol. The van der Waals surface area contributed by atoms with Gasteiger partial charge in [-0.05, 0) is 32.4 Å². The number of nitrogens with zero attached hydrogens (tertiary/aromatic N) is 4. The molecule has 0 spiro atoms. The smallest absolute Gasteiger partial charge is 0.135 e. The second-order valence-electron chi connectivity index (χ2n) is 5.48. The van der Waals surface area contributed by atoms with E-state index in [0.29, 0.717) is 6.42 Å². The summed E-state index contributed by atoms with van der Waals surface area (Å²) in [5, 5.41) is 18.1. The number of likely N-dealkylation sites (tertiary alicyclic amines) is 1. The standard InChI is InChI=1S/C13H22N4O/c18-11-4-9-17-12(14-15-13(17)10-11)5-8-16-6-2-1-3-7-16/h11,18H,1-10H2. The highest BCUT2D eigenvalue weighted by atomic mass is 16.3. The Labute approximate surface area is 108 Å². The van der Waals surface area contributed by atoms with Crippen LogP contribution in [0, 0.1) is 0 Å². The van der Waals surface area contributed by atoms with E-state index in [0.717, 1.165) is 37.6 Å². The second kappa shape index (κ2) is 5.36. The van der Waals surface area contributed by atoms with E-state index in [1.54, 1.807) is 0 Å². The maximum atomic E-state index is 9.61. The SMILES string of the molecule is OC1CCn2c(CCN3CCCCC3)nnc2C1. The van der Waals surface area contributed by atoms with Crippen LogP contribution in [0.4, 0.5) is 0 Å². The highest BCUT2D eigenvalue weighted by Crippen LogP contribution is 2.16. The average Bonchev–Trinajstić information content (AvgIpc) is 2.80. The zero-order valence-electron chi connectivity index (χ0n) is 10.9. The van der Waals surface area contributed by atoms with E-state index >= 15 is 0 Å². The molecule has 1 N–H and O–H groups in total. The van der Waals surface area contributed by atoms with Gasteiger partial charge in [-0.1, -0.05) is 6.42 Å². The Hall–Kier alpha value is -0.940. The quantitative estimate of drug-likeness (QED) is 0.854. The summed E-state index contributed by atoms with van der Waals surface area (Å²) in [5.74, 6) is 2.06. The predicted molar refractivity (Wildman–Crippen MR) is 68.3 cm³/mol. The van der Waals surface area contributed by atoms with E-state index < -0.39 is 0 Å². The Morgan fingerprint density at radius 2 is 1.94 bits per heavy atom. The Kier molecular flexibility index (Phi) is 3.61. The van der Waals surface area contributed by atoms with Gasteiger partial charge in [-0.3, -0.25) is 0 Å². The molecule has 0 bridgehead atoms. The van der Waals surface area contributed by atoms with Gasteiger partial charge < -0.3 is 14.6 Å². The molecule has 1 atom stereocenters. The van der Waals surface area contributed by atoms with Gasteiger partial charge in [-0.2, -0.15) is 0 Å². The van der Waals surface area contributed by atoms with Crippen molar-refractivity contribution in [3.8, 4) is 0 Å². The first-order valence-electron chi connectivity index (χ1n) is 7.14. The van der Waals surface area contributed by atoms with E-state index in [-0.39, 0.29) is 6.10 Å². The van der Waals surface area contributed by atoms with Gasteiger partial charge in [-0.25, -0.2) is 0 Å². The number of aliphatic hydroxyl groups excluding tert-OH is 1. The molecule has 0 amide bonds. The van der Waals surface area contributed by atoms with Crippen molar-refractivity contribution in [1.29, 1.82) is 0 Å². The van der Waals surface area contributed by atoms with E-state index in [4.69, 9.17) is 0 Å². The molecule has 0 aliphatic carbocycles. The molecule has 1 aromatic rings. The third-order valence-corrected chi connectivity index (χ3v) is 4.11. The van der Waals surface area contributed by atoms with Crippen molar-refractivity contribution in [1.82, 2.24) is 19.7 Å². The van der Waals surface area contributed by atoms with Crippen molar-refractivity contribution in [2.24, 2.45) is 0 Å². The number of rotatable bonds is 3. The molecule has 5 nitrogen and oxygen atoms in total. The van der Waals surface area contributed by atoms with E-state index in [1.807, 2.05) is 0 Å². The van der Waals surface area contributed by atoms with Crippen LogP contribution in [0.1, 0.15) is 37.3 Å². The summed E-state index contributed by atoms with van der Waals surface area (Å²) in [7, 11) is 0. The molecule has 3 heterocycles. The summed E-state index contributed by atoms with van der Waals surface area (Å²) in [6, 6.07) is 0. The number of fused-ring (bicyclic) bond motifs is 1. The van der Waals surface area contributed by atoms with Gasteiger partial charge in [0.05, 0.1) is 6.10 Å². The fourth-order valence-electron chi connectivity index (χ4n) is 3.00. The van der Waals surface area contributed by atoms with Crippen LogP contribution in [0.15, 0.2) is 0 Å². The van der Waals surface area contributed by atoms with Crippen molar-refractivity contribution in [2.75, 3.05) is 19.6 Å². The Bertz CT molecular complexity index is 398. The number of aromatic nitrogens is 3. The van der Waals surface area contributed by atoms with Crippen LogP contribution in [-0.2, 0) is 19.4 Å². The second-order valence-corrected chi connectivity index (χ2v) is 5.48. The van der Waals surface area contributed by atoms with Crippen LogP contribution < -0.4 is 0 Å². The van der Waals surface area contributed by atoms with Gasteiger partial charge in [0, 0.05) is 25.9 Å². The maximum absolute atomic E-state index is 9.61. The van der Waals surface area contributed by atoms with Gasteiger partial charge in [0.15, 0.2) is 0 Å². The Balaban J connectivity index is 1.59. The topological polar surface area (TPSA) is 54.2 Å². The molecule has 2 aliphatic rings. The highest BCUT2D eigenvalue weighted by Gasteiger charge is 2.21. The largest absolute Gasteiger partial charge is 0.393 e. The van der Waals surface area contributed by atoms with Gasteiger partial charge in [0.25, 0.3) is 0 Å². The molecule has 1 fully saturated rings. The summed E-state index contributed by atoms with van der Waals surface area (Å²) < 4.78 is 2.21. The fourth-order valence-corrected chi connectivity index (χ4v) is 3.00. The van der Waals surface area contributed by atoms with Crippen LogP contribution in [0.5, 0.6) is 0 Å². The van der Waals surface area contributed by atoms with Crippen molar-refractivity contribution in [2.45, 2.75) is 51.2 Å². The molecule has 0 aromatic carbocycles. The zero-order chi connectivity index (χ0) is 12.4. The van der Waals surface area contributed by atoms with Crippen LogP contribution in [0.2, 0.25) is 0 Å². The third-order valence-electron chi connectivity index (χ3n) is 4.11. The Morgan fingerprint density at radius 3 is 2.78 bits per heavy atom. The third kappa shape index (κ3) is 2.57.